The smallest absolute Gasteiger partial charge is 0.297 e. The zero-order chi connectivity index (χ0) is 17.4. The number of nitrogens with one attached hydrogen (secondary N) is 1. The van der Waals surface area contributed by atoms with E-state index in [-0.39, 0.29) is 36.0 Å². The third kappa shape index (κ3) is 3.20. The van der Waals surface area contributed by atoms with Crippen LogP contribution in [-0.2, 0) is 11.3 Å². The van der Waals surface area contributed by atoms with Gasteiger partial charge in [-0.05, 0) is 38.1 Å². The van der Waals surface area contributed by atoms with Gasteiger partial charge in [0.1, 0.15) is 17.6 Å². The second kappa shape index (κ2) is 7.47. The van der Waals surface area contributed by atoms with Crippen LogP contribution in [0.3, 0.4) is 0 Å². The van der Waals surface area contributed by atoms with Gasteiger partial charge in [-0.1, -0.05) is 12.1 Å². The van der Waals surface area contributed by atoms with E-state index in [1.165, 1.54) is 10.9 Å². The lowest BCUT2D eigenvalue weighted by Crippen LogP contribution is -2.35. The van der Waals surface area contributed by atoms with Crippen LogP contribution in [0, 0.1) is 5.92 Å². The maximum Gasteiger partial charge on any atom is 0.297 e. The number of likely N-dealkylation sites (tertiary alicyclic amines) is 1. The van der Waals surface area contributed by atoms with Gasteiger partial charge in [0.2, 0.25) is 11.5 Å². The van der Waals surface area contributed by atoms with E-state index < -0.39 is 0 Å². The van der Waals surface area contributed by atoms with E-state index >= 15 is 0 Å². The van der Waals surface area contributed by atoms with Crippen LogP contribution in [0.15, 0.2) is 39.8 Å². The molecule has 0 aliphatic carbocycles. The fourth-order valence-electron chi connectivity index (χ4n) is 3.49. The van der Waals surface area contributed by atoms with Crippen molar-refractivity contribution < 1.29 is 9.21 Å². The number of carbonyl (C=O) groups is 1. The number of furan rings is 1. The first-order chi connectivity index (χ1) is 12.2. The predicted octanol–water partition coefficient (Wildman–Crippen LogP) is 1.63. The quantitative estimate of drug-likeness (QED) is 0.748. The number of hydrogen-bond acceptors (Lipinski definition) is 5. The Hall–Kier alpha value is -2.38. The topological polar surface area (TPSA) is 80.4 Å². The molecule has 1 aliphatic heterocycles. The van der Waals surface area contributed by atoms with Crippen LogP contribution in [-0.4, -0.2) is 47.0 Å². The van der Waals surface area contributed by atoms with Gasteiger partial charge >= 0.3 is 0 Å². The van der Waals surface area contributed by atoms with Crippen LogP contribution in [0.25, 0.3) is 22.1 Å². The van der Waals surface area contributed by atoms with Gasteiger partial charge in [-0.15, -0.1) is 12.4 Å². The van der Waals surface area contributed by atoms with E-state index in [4.69, 9.17) is 4.42 Å². The molecule has 1 aliphatic rings. The average molecular weight is 377 g/mol. The first-order valence-corrected chi connectivity index (χ1v) is 8.46. The fourth-order valence-corrected chi connectivity index (χ4v) is 3.49. The van der Waals surface area contributed by atoms with Crippen molar-refractivity contribution in [2.45, 2.75) is 13.0 Å². The summed E-state index contributed by atoms with van der Waals surface area (Å²) in [5.41, 5.74) is 1.05. The molecule has 3 aromatic rings. The lowest BCUT2D eigenvalue weighted by atomic mass is 10.1. The van der Waals surface area contributed by atoms with Crippen LogP contribution < -0.4 is 10.9 Å². The lowest BCUT2D eigenvalue weighted by Gasteiger charge is -2.17. The van der Waals surface area contributed by atoms with Crippen molar-refractivity contribution in [3.63, 3.8) is 0 Å². The highest BCUT2D eigenvalue weighted by atomic mass is 35.5. The molecular weight excluding hydrogens is 356 g/mol. The van der Waals surface area contributed by atoms with Crippen LogP contribution in [0.1, 0.15) is 6.42 Å². The Morgan fingerprint density at radius 1 is 1.38 bits per heavy atom. The van der Waals surface area contributed by atoms with Crippen LogP contribution in [0.5, 0.6) is 0 Å². The molecule has 0 radical (unpaired) electrons. The Morgan fingerprint density at radius 3 is 3.00 bits per heavy atom. The Labute approximate surface area is 156 Å². The number of fused-ring (bicyclic) bond motifs is 3. The van der Waals surface area contributed by atoms with Gasteiger partial charge in [0, 0.05) is 18.5 Å². The van der Waals surface area contributed by atoms with E-state index in [1.54, 1.807) is 6.07 Å². The number of aromatic nitrogens is 2. The summed E-state index contributed by atoms with van der Waals surface area (Å²) >= 11 is 0. The minimum absolute atomic E-state index is 0. The van der Waals surface area contributed by atoms with Gasteiger partial charge < -0.3 is 14.6 Å². The fraction of sp³-hybridized carbons (Fsp3) is 0.389. The highest BCUT2D eigenvalue weighted by molar-refractivity contribution is 6.01. The minimum atomic E-state index is -0.319. The number of amides is 1. The summed E-state index contributed by atoms with van der Waals surface area (Å²) in [7, 11) is 1.91. The summed E-state index contributed by atoms with van der Waals surface area (Å²) in [5, 5.41) is 3.95. The molecular formula is C18H21ClN4O3. The van der Waals surface area contributed by atoms with E-state index in [2.05, 4.69) is 10.3 Å². The molecule has 0 bridgehead atoms. The van der Waals surface area contributed by atoms with Crippen LogP contribution in [0.2, 0.25) is 0 Å². The second-order valence-electron chi connectivity index (χ2n) is 6.51. The monoisotopic (exact) mass is 376 g/mol. The first kappa shape index (κ1) is 18.4. The van der Waals surface area contributed by atoms with Crippen molar-refractivity contribution >= 4 is 40.4 Å². The molecule has 26 heavy (non-hydrogen) atoms. The summed E-state index contributed by atoms with van der Waals surface area (Å²) < 4.78 is 6.98. The highest BCUT2D eigenvalue weighted by Gasteiger charge is 2.26. The van der Waals surface area contributed by atoms with Gasteiger partial charge in [-0.3, -0.25) is 14.2 Å². The van der Waals surface area contributed by atoms with Crippen molar-refractivity contribution in [3.8, 4) is 0 Å². The number of halogens is 1. The molecule has 2 aromatic heterocycles. The number of nitrogens with zero attached hydrogens (tertiary/aromatic N) is 3. The summed E-state index contributed by atoms with van der Waals surface area (Å²) in [4.78, 5) is 31.3. The number of benzene rings is 1. The SMILES string of the molecule is CNCC1CCN(C(=O)Cn2cnc3c(oc4ccccc43)c2=O)C1.Cl. The number of rotatable bonds is 4. The molecule has 3 heterocycles. The zero-order valence-corrected chi connectivity index (χ0v) is 15.3. The van der Waals surface area contributed by atoms with E-state index in [9.17, 15) is 9.59 Å². The van der Waals surface area contributed by atoms with Crippen LogP contribution in [0.4, 0.5) is 0 Å². The molecule has 1 unspecified atom stereocenters. The molecule has 1 N–H and O–H groups in total. The van der Waals surface area contributed by atoms with E-state index in [0.717, 1.165) is 31.4 Å². The van der Waals surface area contributed by atoms with Crippen molar-refractivity contribution in [2.75, 3.05) is 26.7 Å². The average Bonchev–Trinajstić information content (AvgIpc) is 3.23. The molecule has 1 amide bonds. The summed E-state index contributed by atoms with van der Waals surface area (Å²) in [5.74, 6) is 0.416. The molecule has 7 nitrogen and oxygen atoms in total. The summed E-state index contributed by atoms with van der Waals surface area (Å²) in [6.45, 7) is 2.36. The molecule has 8 heteroatoms. The predicted molar refractivity (Wildman–Crippen MR) is 102 cm³/mol. The molecule has 1 aromatic carbocycles. The van der Waals surface area contributed by atoms with Crippen LogP contribution >= 0.6 is 12.4 Å². The Bertz CT molecular complexity index is 997. The molecule has 0 saturated carbocycles. The molecule has 1 saturated heterocycles. The maximum absolute atomic E-state index is 12.7. The Balaban J connectivity index is 0.00000196. The maximum atomic E-state index is 12.7. The number of para-hydroxylation sites is 1. The first-order valence-electron chi connectivity index (χ1n) is 8.46. The van der Waals surface area contributed by atoms with Crippen molar-refractivity contribution in [1.82, 2.24) is 19.8 Å². The zero-order valence-electron chi connectivity index (χ0n) is 14.5. The minimum Gasteiger partial charge on any atom is -0.448 e. The van der Waals surface area contributed by atoms with Gasteiger partial charge in [0.15, 0.2) is 0 Å². The van der Waals surface area contributed by atoms with Crippen molar-refractivity contribution in [3.05, 3.63) is 40.9 Å². The van der Waals surface area contributed by atoms with Crippen molar-refractivity contribution in [2.24, 2.45) is 5.92 Å². The van der Waals surface area contributed by atoms with Gasteiger partial charge in [0.25, 0.3) is 5.56 Å². The summed E-state index contributed by atoms with van der Waals surface area (Å²) in [6.07, 6.45) is 2.42. The third-order valence-electron chi connectivity index (χ3n) is 4.79. The molecule has 1 fully saturated rings. The molecule has 4 rings (SSSR count). The Morgan fingerprint density at radius 2 is 2.19 bits per heavy atom. The standard InChI is InChI=1S/C18H20N4O3.ClH/c1-19-8-12-6-7-21(9-12)15(23)10-22-11-20-16-13-4-2-3-5-14(13)25-17(16)18(22)24;/h2-5,11-12,19H,6-10H2,1H3;1H. The number of carbonyl (C=O) groups excluding carboxylic acids is 1. The van der Waals surface area contributed by atoms with Gasteiger partial charge in [-0.2, -0.15) is 0 Å². The third-order valence-corrected chi connectivity index (χ3v) is 4.79. The summed E-state index contributed by atoms with van der Waals surface area (Å²) in [6, 6.07) is 7.40. The molecule has 138 valence electrons. The van der Waals surface area contributed by atoms with Gasteiger partial charge in [-0.25, -0.2) is 4.98 Å². The Kier molecular flexibility index (Phi) is 5.29. The number of hydrogen-bond donors (Lipinski definition) is 1. The van der Waals surface area contributed by atoms with E-state index in [1.807, 2.05) is 30.1 Å². The normalized spacial score (nSPS) is 17.0. The van der Waals surface area contributed by atoms with E-state index in [0.29, 0.717) is 17.0 Å². The molecule has 1 atom stereocenters. The lowest BCUT2D eigenvalue weighted by molar-refractivity contribution is -0.130. The van der Waals surface area contributed by atoms with Gasteiger partial charge in [0.05, 0.1) is 6.33 Å². The highest BCUT2D eigenvalue weighted by Crippen LogP contribution is 2.24. The molecule has 0 spiro atoms. The largest absolute Gasteiger partial charge is 0.448 e. The van der Waals surface area contributed by atoms with Crippen molar-refractivity contribution in [1.29, 1.82) is 0 Å². The second-order valence-corrected chi connectivity index (χ2v) is 6.51.